The fraction of sp³-hybridized carbons (Fsp3) is 0.517. The summed E-state index contributed by atoms with van der Waals surface area (Å²) in [6.07, 6.45) is 4.52. The molecular weight excluding hydrogens is 424 g/mol. The number of hydrogen-bond donors (Lipinski definition) is 1. The van der Waals surface area contributed by atoms with Crippen LogP contribution in [0.5, 0.6) is 5.75 Å². The second-order valence-corrected chi connectivity index (χ2v) is 10.4. The number of aryl methyl sites for hydroxylation is 1. The molecule has 182 valence electrons. The van der Waals surface area contributed by atoms with Gasteiger partial charge in [0.15, 0.2) is 11.0 Å². The van der Waals surface area contributed by atoms with Crippen molar-refractivity contribution in [1.29, 1.82) is 0 Å². The van der Waals surface area contributed by atoms with E-state index in [1.807, 2.05) is 24.3 Å². The molecule has 2 aromatic carbocycles. The zero-order chi connectivity index (χ0) is 24.4. The van der Waals surface area contributed by atoms with Crippen molar-refractivity contribution in [3.63, 3.8) is 0 Å². The molecule has 0 saturated heterocycles. The molecule has 0 bridgehead atoms. The van der Waals surface area contributed by atoms with Crippen LogP contribution in [0.2, 0.25) is 0 Å². The molecule has 34 heavy (non-hydrogen) atoms. The summed E-state index contributed by atoms with van der Waals surface area (Å²) in [5.41, 5.74) is 3.15. The van der Waals surface area contributed by atoms with E-state index in [0.29, 0.717) is 24.2 Å². The molecule has 5 nitrogen and oxygen atoms in total. The first-order valence-electron chi connectivity index (χ1n) is 12.8. The molecule has 1 unspecified atom stereocenters. The molecule has 1 aliphatic rings. The minimum atomic E-state index is -0.476. The Bertz CT molecular complexity index is 1130. The van der Waals surface area contributed by atoms with Gasteiger partial charge in [0.05, 0.1) is 7.05 Å². The van der Waals surface area contributed by atoms with E-state index in [4.69, 9.17) is 4.74 Å². The van der Waals surface area contributed by atoms with E-state index in [-0.39, 0.29) is 17.8 Å². The quantitative estimate of drug-likeness (QED) is 0.371. The number of aromatic hydroxyl groups is 1. The molecule has 0 radical (unpaired) electrons. The molecule has 1 aromatic heterocycles. The number of carbonyl (C=O) groups excluding carboxylic acids is 1. The fourth-order valence-corrected chi connectivity index (χ4v) is 5.76. The predicted octanol–water partition coefficient (Wildman–Crippen LogP) is 5.52. The summed E-state index contributed by atoms with van der Waals surface area (Å²) in [6.45, 7) is 8.87. The zero-order valence-electron chi connectivity index (χ0n) is 21.2. The van der Waals surface area contributed by atoms with Gasteiger partial charge in [0.25, 0.3) is 5.82 Å². The third-order valence-electron chi connectivity index (χ3n) is 7.66. The van der Waals surface area contributed by atoms with Gasteiger partial charge in [-0.3, -0.25) is 0 Å². The number of aromatic nitrogens is 2. The highest BCUT2D eigenvalue weighted by Gasteiger charge is 2.39. The van der Waals surface area contributed by atoms with E-state index in [2.05, 4.69) is 56.0 Å². The second-order valence-electron chi connectivity index (χ2n) is 10.4. The third-order valence-corrected chi connectivity index (χ3v) is 7.66. The average Bonchev–Trinajstić information content (AvgIpc) is 3.10. The van der Waals surface area contributed by atoms with Gasteiger partial charge in [-0.05, 0) is 60.4 Å². The lowest BCUT2D eigenvalue weighted by molar-refractivity contribution is -0.654. The van der Waals surface area contributed by atoms with Crippen LogP contribution in [0, 0.1) is 17.8 Å². The Kier molecular flexibility index (Phi) is 7.30. The van der Waals surface area contributed by atoms with Crippen molar-refractivity contribution < 1.29 is 19.2 Å². The van der Waals surface area contributed by atoms with Crippen LogP contribution in [0.4, 0.5) is 0 Å². The van der Waals surface area contributed by atoms with Gasteiger partial charge in [0, 0.05) is 12.8 Å². The summed E-state index contributed by atoms with van der Waals surface area (Å²) in [5.74, 6) is 2.62. The van der Waals surface area contributed by atoms with Crippen LogP contribution in [-0.4, -0.2) is 21.7 Å². The van der Waals surface area contributed by atoms with E-state index in [1.165, 1.54) is 6.42 Å². The highest BCUT2D eigenvalue weighted by Crippen LogP contribution is 2.36. The molecule has 0 amide bonds. The Labute approximate surface area is 203 Å². The number of ether oxygens (including phenoxy) is 1. The van der Waals surface area contributed by atoms with Crippen molar-refractivity contribution in [2.45, 2.75) is 71.9 Å². The standard InChI is InChI=1S/C29H38N2O3/c1-6-28-30(5)24-9-7-8-10-25(24)31(28)26(18-21-12-14-22(32)15-13-21)29(33)34-27-17-20(4)11-16-23(27)19(2)3/h7-10,12-15,19-20,23,26-27H,6,11,16-18H2,1-5H3/p+1/t20-,23+,26-,27?/m1/s1. The Morgan fingerprint density at radius 2 is 1.85 bits per heavy atom. The van der Waals surface area contributed by atoms with Crippen LogP contribution in [0.1, 0.15) is 64.4 Å². The number of imidazole rings is 1. The SMILES string of the molecule is CCc1n([C@H](Cc2ccc(O)cc2)C(=O)OC2C[C@H](C)CC[C@H]2C(C)C)c2ccccc2[n+]1C. The van der Waals surface area contributed by atoms with Crippen molar-refractivity contribution in [1.82, 2.24) is 4.57 Å². The van der Waals surface area contributed by atoms with Crippen molar-refractivity contribution in [2.24, 2.45) is 24.8 Å². The number of hydrogen-bond acceptors (Lipinski definition) is 3. The van der Waals surface area contributed by atoms with Gasteiger partial charge in [0.2, 0.25) is 6.04 Å². The van der Waals surface area contributed by atoms with E-state index >= 15 is 0 Å². The third kappa shape index (κ3) is 4.84. The molecule has 4 atom stereocenters. The van der Waals surface area contributed by atoms with Crippen LogP contribution < -0.4 is 4.57 Å². The highest BCUT2D eigenvalue weighted by molar-refractivity contribution is 5.80. The number of esters is 1. The van der Waals surface area contributed by atoms with Gasteiger partial charge in [0.1, 0.15) is 11.9 Å². The number of benzene rings is 2. The van der Waals surface area contributed by atoms with Crippen molar-refractivity contribution in [3.05, 3.63) is 59.9 Å². The molecule has 1 N–H and O–H groups in total. The van der Waals surface area contributed by atoms with Gasteiger partial charge >= 0.3 is 5.97 Å². The number of phenols is 1. The lowest BCUT2D eigenvalue weighted by Gasteiger charge is -2.37. The number of phenolic OH excluding ortho intramolecular Hbond substituents is 1. The lowest BCUT2D eigenvalue weighted by Crippen LogP contribution is -2.39. The fourth-order valence-electron chi connectivity index (χ4n) is 5.76. The van der Waals surface area contributed by atoms with Crippen molar-refractivity contribution in [2.75, 3.05) is 0 Å². The monoisotopic (exact) mass is 463 g/mol. The summed E-state index contributed by atoms with van der Waals surface area (Å²) < 4.78 is 10.8. The number of carbonyl (C=O) groups is 1. The first-order valence-corrected chi connectivity index (χ1v) is 12.8. The van der Waals surface area contributed by atoms with Crippen LogP contribution >= 0.6 is 0 Å². The van der Waals surface area contributed by atoms with E-state index in [9.17, 15) is 9.90 Å². The van der Waals surface area contributed by atoms with E-state index in [0.717, 1.165) is 41.7 Å². The smallest absolute Gasteiger partial charge is 0.352 e. The van der Waals surface area contributed by atoms with Crippen LogP contribution in [0.15, 0.2) is 48.5 Å². The minimum Gasteiger partial charge on any atom is -0.508 e. The zero-order valence-corrected chi connectivity index (χ0v) is 21.2. The molecule has 5 heteroatoms. The molecule has 1 fully saturated rings. The van der Waals surface area contributed by atoms with Crippen molar-refractivity contribution >= 4 is 17.0 Å². The van der Waals surface area contributed by atoms with E-state index < -0.39 is 6.04 Å². The van der Waals surface area contributed by atoms with Gasteiger partial charge in [-0.1, -0.05) is 58.4 Å². The lowest BCUT2D eigenvalue weighted by atomic mass is 9.75. The van der Waals surface area contributed by atoms with E-state index in [1.54, 1.807) is 12.1 Å². The molecule has 1 saturated carbocycles. The van der Waals surface area contributed by atoms with Crippen LogP contribution in [0.25, 0.3) is 11.0 Å². The highest BCUT2D eigenvalue weighted by atomic mass is 16.5. The maximum absolute atomic E-state index is 14.0. The Morgan fingerprint density at radius 1 is 1.15 bits per heavy atom. The van der Waals surface area contributed by atoms with Crippen LogP contribution in [-0.2, 0) is 29.4 Å². The minimum absolute atomic E-state index is 0.0424. The van der Waals surface area contributed by atoms with Gasteiger partial charge < -0.3 is 9.84 Å². The Hall–Kier alpha value is -2.82. The number of rotatable bonds is 7. The summed E-state index contributed by atoms with van der Waals surface area (Å²) in [4.78, 5) is 14.0. The average molecular weight is 464 g/mol. The summed E-state index contributed by atoms with van der Waals surface area (Å²) in [6, 6.07) is 14.9. The molecule has 1 heterocycles. The van der Waals surface area contributed by atoms with Gasteiger partial charge in [-0.2, -0.15) is 0 Å². The Balaban J connectivity index is 1.75. The predicted molar refractivity (Wildman–Crippen MR) is 135 cm³/mol. The molecule has 3 aromatic rings. The second kappa shape index (κ2) is 10.2. The molecule has 0 spiro atoms. The topological polar surface area (TPSA) is 55.3 Å². The molecule has 1 aliphatic carbocycles. The summed E-state index contributed by atoms with van der Waals surface area (Å²) in [5, 5.41) is 9.77. The van der Waals surface area contributed by atoms with Crippen LogP contribution in [0.3, 0.4) is 0 Å². The number of fused-ring (bicyclic) bond motifs is 1. The molecular formula is C29H39N2O3+. The van der Waals surface area contributed by atoms with Gasteiger partial charge in [-0.15, -0.1) is 0 Å². The largest absolute Gasteiger partial charge is 0.508 e. The maximum Gasteiger partial charge on any atom is 0.352 e. The van der Waals surface area contributed by atoms with Gasteiger partial charge in [-0.25, -0.2) is 13.9 Å². The summed E-state index contributed by atoms with van der Waals surface area (Å²) in [7, 11) is 2.07. The Morgan fingerprint density at radius 3 is 2.53 bits per heavy atom. The number of para-hydroxylation sites is 2. The molecule has 4 rings (SSSR count). The molecule has 0 aliphatic heterocycles. The first kappa shape index (κ1) is 24.3. The summed E-state index contributed by atoms with van der Waals surface area (Å²) >= 11 is 0. The van der Waals surface area contributed by atoms with Crippen molar-refractivity contribution in [3.8, 4) is 5.75 Å². The first-order chi connectivity index (χ1) is 16.3. The number of nitrogens with zero attached hydrogens (tertiary/aromatic N) is 2. The normalized spacial score (nSPS) is 21.6. The maximum atomic E-state index is 14.0.